The Morgan fingerprint density at radius 3 is 1.90 bits per heavy atom. The maximum absolute atomic E-state index is 12.0. The van der Waals surface area contributed by atoms with E-state index in [-0.39, 0.29) is 17.7 Å². The van der Waals surface area contributed by atoms with E-state index in [0.717, 1.165) is 25.7 Å². The minimum absolute atomic E-state index is 0.00979. The third-order valence-electron chi connectivity index (χ3n) is 5.44. The quantitative estimate of drug-likeness (QED) is 0.175. The Kier molecular flexibility index (Phi) is 20.7. The lowest BCUT2D eigenvalue weighted by atomic mass is 10.0. The number of hydrogen-bond acceptors (Lipinski definition) is 3. The Bertz CT molecular complexity index is 421. The van der Waals surface area contributed by atoms with Crippen molar-refractivity contribution in [2.24, 2.45) is 5.73 Å². The van der Waals surface area contributed by atoms with Crippen LogP contribution in [0.1, 0.15) is 123 Å². The van der Waals surface area contributed by atoms with E-state index in [4.69, 9.17) is 5.73 Å². The second-order valence-electron chi connectivity index (χ2n) is 8.35. The average Bonchev–Trinajstić information content (AvgIpc) is 2.70. The monoisotopic (exact) mass is 408 g/mol. The van der Waals surface area contributed by atoms with Crippen LogP contribution in [0.4, 0.5) is 0 Å². The lowest BCUT2D eigenvalue weighted by molar-refractivity contribution is -0.127. The van der Waals surface area contributed by atoms with Crippen molar-refractivity contribution < 1.29 is 9.59 Å². The van der Waals surface area contributed by atoms with Gasteiger partial charge in [0.15, 0.2) is 5.78 Å². The van der Waals surface area contributed by atoms with Crippen molar-refractivity contribution in [2.45, 2.75) is 129 Å². The first-order valence-electron chi connectivity index (χ1n) is 12.3. The molecule has 0 aromatic heterocycles. The van der Waals surface area contributed by atoms with Crippen molar-refractivity contribution in [1.82, 2.24) is 5.32 Å². The smallest absolute Gasteiger partial charge is 0.220 e. The van der Waals surface area contributed by atoms with E-state index >= 15 is 0 Å². The number of rotatable bonds is 21. The molecule has 1 atom stereocenters. The van der Waals surface area contributed by atoms with Gasteiger partial charge in [-0.25, -0.2) is 0 Å². The molecule has 0 radical (unpaired) electrons. The number of ketones is 1. The topological polar surface area (TPSA) is 72.2 Å². The van der Waals surface area contributed by atoms with E-state index < -0.39 is 0 Å². The average molecular weight is 409 g/mol. The molecule has 1 amide bonds. The largest absolute Gasteiger partial charge is 0.346 e. The fourth-order valence-electron chi connectivity index (χ4n) is 3.49. The van der Waals surface area contributed by atoms with Crippen LogP contribution in [0.2, 0.25) is 0 Å². The SMILES string of the molecule is CCCCCCCCC=CCCCCCCCC(=O)NC(CCCCN)C(C)=O. The first-order valence-corrected chi connectivity index (χ1v) is 12.3. The van der Waals surface area contributed by atoms with Gasteiger partial charge >= 0.3 is 0 Å². The number of nitrogens with one attached hydrogen (secondary N) is 1. The van der Waals surface area contributed by atoms with Gasteiger partial charge in [0.25, 0.3) is 0 Å². The van der Waals surface area contributed by atoms with Crippen LogP contribution < -0.4 is 11.1 Å². The third kappa shape index (κ3) is 19.9. The number of allylic oxidation sites excluding steroid dienone is 2. The van der Waals surface area contributed by atoms with E-state index in [1.165, 1.54) is 70.6 Å². The molecule has 3 N–H and O–H groups in total. The standard InChI is InChI=1S/C25H48N2O2/c1-3-4-5-6-7-8-9-10-11-12-13-14-15-16-17-21-25(29)27-24(23(2)28)20-18-19-22-26/h10-11,24H,3-9,12-22,26H2,1-2H3,(H,27,29). The normalized spacial score (nSPS) is 12.4. The van der Waals surface area contributed by atoms with Crippen LogP contribution in [0, 0.1) is 0 Å². The van der Waals surface area contributed by atoms with Crippen LogP contribution in [0.15, 0.2) is 12.2 Å². The van der Waals surface area contributed by atoms with Crippen LogP contribution in [0.25, 0.3) is 0 Å². The Balaban J connectivity index is 3.51. The maximum Gasteiger partial charge on any atom is 0.220 e. The summed E-state index contributed by atoms with van der Waals surface area (Å²) in [7, 11) is 0. The van der Waals surface area contributed by atoms with Crippen LogP contribution in [0.5, 0.6) is 0 Å². The maximum atomic E-state index is 12.0. The second-order valence-corrected chi connectivity index (χ2v) is 8.35. The summed E-state index contributed by atoms with van der Waals surface area (Å²) in [5, 5.41) is 2.89. The van der Waals surface area contributed by atoms with E-state index in [9.17, 15) is 9.59 Å². The molecule has 4 heteroatoms. The Hall–Kier alpha value is -1.16. The van der Waals surface area contributed by atoms with Gasteiger partial charge in [0.05, 0.1) is 6.04 Å². The molecular formula is C25H48N2O2. The Labute approximate surface area is 180 Å². The van der Waals surface area contributed by atoms with Gasteiger partial charge in [-0.2, -0.15) is 0 Å². The zero-order valence-electron chi connectivity index (χ0n) is 19.4. The van der Waals surface area contributed by atoms with Crippen LogP contribution >= 0.6 is 0 Å². The molecule has 0 saturated heterocycles. The van der Waals surface area contributed by atoms with E-state index in [2.05, 4.69) is 24.4 Å². The molecular weight excluding hydrogens is 360 g/mol. The van der Waals surface area contributed by atoms with Crippen LogP contribution in [-0.4, -0.2) is 24.3 Å². The summed E-state index contributed by atoms with van der Waals surface area (Å²) in [5.74, 6) is 0.0514. The molecule has 1 unspecified atom stereocenters. The molecule has 0 aliphatic rings. The first kappa shape index (κ1) is 27.8. The molecule has 0 aliphatic heterocycles. The lowest BCUT2D eigenvalue weighted by Crippen LogP contribution is -2.39. The van der Waals surface area contributed by atoms with Gasteiger partial charge in [-0.15, -0.1) is 0 Å². The summed E-state index contributed by atoms with van der Waals surface area (Å²) in [6.45, 7) is 4.44. The van der Waals surface area contributed by atoms with Crippen LogP contribution in [0.3, 0.4) is 0 Å². The van der Waals surface area contributed by atoms with Gasteiger partial charge in [0, 0.05) is 6.42 Å². The number of Topliss-reactive ketones (excluding diaryl/α,β-unsaturated/α-hetero) is 1. The predicted molar refractivity (Wildman–Crippen MR) is 125 cm³/mol. The molecule has 170 valence electrons. The van der Waals surface area contributed by atoms with Crippen molar-refractivity contribution in [3.63, 3.8) is 0 Å². The van der Waals surface area contributed by atoms with Gasteiger partial charge < -0.3 is 11.1 Å². The molecule has 0 heterocycles. The second kappa shape index (κ2) is 21.5. The van der Waals surface area contributed by atoms with E-state index in [1.807, 2.05) is 0 Å². The highest BCUT2D eigenvalue weighted by molar-refractivity contribution is 5.87. The van der Waals surface area contributed by atoms with E-state index in [1.54, 1.807) is 6.92 Å². The third-order valence-corrected chi connectivity index (χ3v) is 5.44. The van der Waals surface area contributed by atoms with Crippen molar-refractivity contribution in [3.8, 4) is 0 Å². The van der Waals surface area contributed by atoms with Gasteiger partial charge in [0.2, 0.25) is 5.91 Å². The minimum Gasteiger partial charge on any atom is -0.346 e. The van der Waals surface area contributed by atoms with Gasteiger partial charge in [-0.05, 0) is 64.8 Å². The number of amides is 1. The van der Waals surface area contributed by atoms with Gasteiger partial charge in [-0.1, -0.05) is 70.4 Å². The summed E-state index contributed by atoms with van der Waals surface area (Å²) in [6, 6.07) is -0.336. The molecule has 0 fully saturated rings. The number of carbonyl (C=O) groups is 2. The molecule has 0 saturated carbocycles. The van der Waals surface area contributed by atoms with Crippen molar-refractivity contribution in [1.29, 1.82) is 0 Å². The Morgan fingerprint density at radius 2 is 1.34 bits per heavy atom. The minimum atomic E-state index is -0.336. The Morgan fingerprint density at radius 1 is 0.793 bits per heavy atom. The summed E-state index contributed by atoms with van der Waals surface area (Å²) in [4.78, 5) is 23.7. The molecule has 0 spiro atoms. The first-order chi connectivity index (χ1) is 14.1. The molecule has 0 rings (SSSR count). The summed E-state index contributed by atoms with van der Waals surface area (Å²) in [6.07, 6.45) is 24.0. The lowest BCUT2D eigenvalue weighted by Gasteiger charge is -2.15. The fourth-order valence-corrected chi connectivity index (χ4v) is 3.49. The van der Waals surface area contributed by atoms with E-state index in [0.29, 0.717) is 19.4 Å². The molecule has 0 aromatic rings. The van der Waals surface area contributed by atoms with Gasteiger partial charge in [-0.3, -0.25) is 9.59 Å². The molecule has 0 aliphatic carbocycles. The molecule has 0 bridgehead atoms. The highest BCUT2D eigenvalue weighted by Gasteiger charge is 2.16. The van der Waals surface area contributed by atoms with Gasteiger partial charge in [0.1, 0.15) is 0 Å². The molecule has 0 aromatic carbocycles. The fraction of sp³-hybridized carbons (Fsp3) is 0.840. The highest BCUT2D eigenvalue weighted by atomic mass is 16.2. The number of unbranched alkanes of at least 4 members (excludes halogenated alkanes) is 12. The zero-order chi connectivity index (χ0) is 21.6. The summed E-state index contributed by atoms with van der Waals surface area (Å²) >= 11 is 0. The number of nitrogens with two attached hydrogens (primary N) is 1. The molecule has 4 nitrogen and oxygen atoms in total. The van der Waals surface area contributed by atoms with Crippen LogP contribution in [-0.2, 0) is 9.59 Å². The summed E-state index contributed by atoms with van der Waals surface area (Å²) in [5.41, 5.74) is 5.49. The zero-order valence-corrected chi connectivity index (χ0v) is 19.4. The number of hydrogen-bond donors (Lipinski definition) is 2. The summed E-state index contributed by atoms with van der Waals surface area (Å²) < 4.78 is 0. The molecule has 29 heavy (non-hydrogen) atoms. The highest BCUT2D eigenvalue weighted by Crippen LogP contribution is 2.10. The van der Waals surface area contributed by atoms with Crippen molar-refractivity contribution in [3.05, 3.63) is 12.2 Å². The number of carbonyl (C=O) groups excluding carboxylic acids is 2. The van der Waals surface area contributed by atoms with Crippen molar-refractivity contribution in [2.75, 3.05) is 6.54 Å². The van der Waals surface area contributed by atoms with Crippen molar-refractivity contribution >= 4 is 11.7 Å². The predicted octanol–water partition coefficient (Wildman–Crippen LogP) is 6.23.